The molecule has 1 heterocycles. The van der Waals surface area contributed by atoms with E-state index in [2.05, 4.69) is 5.16 Å². The minimum absolute atomic E-state index is 0.554. The van der Waals surface area contributed by atoms with Gasteiger partial charge in [0.05, 0.1) is 16.8 Å². The molecule has 22 heavy (non-hydrogen) atoms. The summed E-state index contributed by atoms with van der Waals surface area (Å²) in [4.78, 5) is 0. The third-order valence-electron chi connectivity index (χ3n) is 3.40. The summed E-state index contributed by atoms with van der Waals surface area (Å²) in [5.74, 6) is 0.554. The van der Waals surface area contributed by atoms with Gasteiger partial charge in [0, 0.05) is 5.56 Å². The van der Waals surface area contributed by atoms with E-state index in [1.807, 2.05) is 30.3 Å². The molecule has 0 aliphatic heterocycles. The van der Waals surface area contributed by atoms with E-state index in [1.165, 1.54) is 12.1 Å². The Morgan fingerprint density at radius 1 is 0.864 bits per heavy atom. The molecule has 0 amide bonds. The first-order valence-corrected chi connectivity index (χ1v) is 6.66. The van der Waals surface area contributed by atoms with Crippen molar-refractivity contribution < 1.29 is 17.7 Å². The van der Waals surface area contributed by atoms with Crippen LogP contribution >= 0.6 is 0 Å². The third kappa shape index (κ3) is 2.62. The van der Waals surface area contributed by atoms with Gasteiger partial charge in [0.25, 0.3) is 0 Å². The van der Waals surface area contributed by atoms with E-state index in [1.54, 1.807) is 6.92 Å². The van der Waals surface area contributed by atoms with Crippen molar-refractivity contribution in [2.75, 3.05) is 0 Å². The minimum atomic E-state index is -4.34. The molecule has 0 aliphatic rings. The number of hydrogen-bond donors (Lipinski definition) is 0. The van der Waals surface area contributed by atoms with Gasteiger partial charge in [0.2, 0.25) is 0 Å². The van der Waals surface area contributed by atoms with Crippen LogP contribution in [0, 0.1) is 6.92 Å². The highest BCUT2D eigenvalue weighted by molar-refractivity contribution is 5.81. The molecule has 112 valence electrons. The van der Waals surface area contributed by atoms with Gasteiger partial charge in [-0.15, -0.1) is 0 Å². The van der Waals surface area contributed by atoms with Crippen LogP contribution < -0.4 is 0 Å². The number of aryl methyl sites for hydroxylation is 1. The van der Waals surface area contributed by atoms with Crippen LogP contribution in [0.2, 0.25) is 0 Å². The summed E-state index contributed by atoms with van der Waals surface area (Å²) >= 11 is 0. The van der Waals surface area contributed by atoms with Gasteiger partial charge in [-0.05, 0) is 24.6 Å². The summed E-state index contributed by atoms with van der Waals surface area (Å²) in [6.45, 7) is 1.77. The van der Waals surface area contributed by atoms with Gasteiger partial charge < -0.3 is 4.52 Å². The molecule has 0 atom stereocenters. The largest absolute Gasteiger partial charge is 0.416 e. The maximum absolute atomic E-state index is 12.7. The van der Waals surface area contributed by atoms with Crippen LogP contribution in [0.4, 0.5) is 13.2 Å². The van der Waals surface area contributed by atoms with Crippen molar-refractivity contribution in [2.45, 2.75) is 13.1 Å². The van der Waals surface area contributed by atoms with Gasteiger partial charge in [-0.25, -0.2) is 0 Å². The molecule has 0 saturated heterocycles. The fourth-order valence-corrected chi connectivity index (χ4v) is 2.32. The van der Waals surface area contributed by atoms with Crippen LogP contribution in [0.3, 0.4) is 0 Å². The van der Waals surface area contributed by atoms with Gasteiger partial charge in [-0.3, -0.25) is 0 Å². The van der Waals surface area contributed by atoms with E-state index < -0.39 is 11.7 Å². The lowest BCUT2D eigenvalue weighted by molar-refractivity contribution is -0.137. The predicted octanol–water partition coefficient (Wildman–Crippen LogP) is 5.34. The van der Waals surface area contributed by atoms with Crippen LogP contribution in [-0.2, 0) is 6.18 Å². The molecule has 2 nitrogen and oxygen atoms in total. The Labute approximate surface area is 125 Å². The molecule has 3 rings (SSSR count). The van der Waals surface area contributed by atoms with Crippen molar-refractivity contribution >= 4 is 0 Å². The predicted molar refractivity (Wildman–Crippen MR) is 77.1 cm³/mol. The number of rotatable bonds is 2. The molecule has 2 aromatic carbocycles. The maximum Gasteiger partial charge on any atom is 0.416 e. The van der Waals surface area contributed by atoms with Crippen LogP contribution in [-0.4, -0.2) is 5.16 Å². The smallest absolute Gasteiger partial charge is 0.355 e. The fourth-order valence-electron chi connectivity index (χ4n) is 2.32. The second-order valence-electron chi connectivity index (χ2n) is 4.91. The van der Waals surface area contributed by atoms with Crippen molar-refractivity contribution in [3.05, 3.63) is 65.9 Å². The molecule has 0 saturated carbocycles. The van der Waals surface area contributed by atoms with Crippen LogP contribution in [0.15, 0.2) is 59.1 Å². The standard InChI is InChI=1S/C17H12F3NO/c1-11-15(12-7-9-14(10-8-12)17(18,19)20)16(22-21-11)13-5-3-2-4-6-13/h2-10H,1H3. The number of alkyl halides is 3. The van der Waals surface area contributed by atoms with E-state index in [4.69, 9.17) is 4.52 Å². The fraction of sp³-hybridized carbons (Fsp3) is 0.118. The molecule has 0 radical (unpaired) electrons. The van der Waals surface area contributed by atoms with Crippen molar-refractivity contribution in [3.63, 3.8) is 0 Å². The van der Waals surface area contributed by atoms with Crippen molar-refractivity contribution in [3.8, 4) is 22.5 Å². The average molecular weight is 303 g/mol. The molecule has 0 spiro atoms. The highest BCUT2D eigenvalue weighted by Gasteiger charge is 2.30. The van der Waals surface area contributed by atoms with E-state index in [0.29, 0.717) is 22.6 Å². The summed E-state index contributed by atoms with van der Waals surface area (Å²) < 4.78 is 43.3. The van der Waals surface area contributed by atoms with E-state index in [9.17, 15) is 13.2 Å². The summed E-state index contributed by atoms with van der Waals surface area (Å²) in [6, 6.07) is 14.4. The molecular formula is C17H12F3NO. The lowest BCUT2D eigenvalue weighted by atomic mass is 9.99. The Hall–Kier alpha value is -2.56. The molecule has 3 aromatic rings. The van der Waals surface area contributed by atoms with E-state index in [0.717, 1.165) is 17.7 Å². The number of hydrogen-bond acceptors (Lipinski definition) is 2. The zero-order valence-corrected chi connectivity index (χ0v) is 11.7. The molecule has 0 bridgehead atoms. The minimum Gasteiger partial charge on any atom is -0.355 e. The third-order valence-corrected chi connectivity index (χ3v) is 3.40. The lowest BCUT2D eigenvalue weighted by Gasteiger charge is -2.08. The number of aromatic nitrogens is 1. The van der Waals surface area contributed by atoms with Crippen LogP contribution in [0.25, 0.3) is 22.5 Å². The second kappa shape index (κ2) is 5.33. The summed E-state index contributed by atoms with van der Waals surface area (Å²) in [5, 5.41) is 3.94. The van der Waals surface area contributed by atoms with Crippen molar-refractivity contribution in [1.82, 2.24) is 5.16 Å². The molecule has 1 aromatic heterocycles. The average Bonchev–Trinajstić information content (AvgIpc) is 2.89. The second-order valence-corrected chi connectivity index (χ2v) is 4.91. The summed E-state index contributed by atoms with van der Waals surface area (Å²) in [5.41, 5.74) is 2.15. The Bertz CT molecular complexity index is 774. The first-order valence-electron chi connectivity index (χ1n) is 6.66. The Balaban J connectivity index is 2.08. The van der Waals surface area contributed by atoms with Crippen LogP contribution in [0.1, 0.15) is 11.3 Å². The Morgan fingerprint density at radius 3 is 2.09 bits per heavy atom. The van der Waals surface area contributed by atoms with E-state index >= 15 is 0 Å². The van der Waals surface area contributed by atoms with Gasteiger partial charge in [0.1, 0.15) is 0 Å². The lowest BCUT2D eigenvalue weighted by Crippen LogP contribution is -2.04. The summed E-state index contributed by atoms with van der Waals surface area (Å²) in [7, 11) is 0. The zero-order valence-electron chi connectivity index (χ0n) is 11.7. The highest BCUT2D eigenvalue weighted by atomic mass is 19.4. The van der Waals surface area contributed by atoms with Crippen LogP contribution in [0.5, 0.6) is 0 Å². The number of benzene rings is 2. The maximum atomic E-state index is 12.7. The normalized spacial score (nSPS) is 11.6. The molecule has 5 heteroatoms. The summed E-state index contributed by atoms with van der Waals surface area (Å²) in [6.07, 6.45) is -4.34. The molecule has 0 unspecified atom stereocenters. The SMILES string of the molecule is Cc1noc(-c2ccccc2)c1-c1ccc(C(F)(F)F)cc1. The Morgan fingerprint density at radius 2 is 1.50 bits per heavy atom. The van der Waals surface area contributed by atoms with Crippen molar-refractivity contribution in [2.24, 2.45) is 0 Å². The number of halogens is 3. The van der Waals surface area contributed by atoms with Gasteiger partial charge in [0.15, 0.2) is 5.76 Å². The topological polar surface area (TPSA) is 26.0 Å². The quantitative estimate of drug-likeness (QED) is 0.639. The molecule has 0 N–H and O–H groups in total. The first-order chi connectivity index (χ1) is 10.5. The van der Waals surface area contributed by atoms with Gasteiger partial charge >= 0.3 is 6.18 Å². The monoisotopic (exact) mass is 303 g/mol. The Kier molecular flexibility index (Phi) is 3.48. The van der Waals surface area contributed by atoms with E-state index in [-0.39, 0.29) is 0 Å². The molecule has 0 aliphatic carbocycles. The van der Waals surface area contributed by atoms with Gasteiger partial charge in [-0.2, -0.15) is 13.2 Å². The molecular weight excluding hydrogens is 291 g/mol. The zero-order chi connectivity index (χ0) is 15.7. The highest BCUT2D eigenvalue weighted by Crippen LogP contribution is 2.36. The van der Waals surface area contributed by atoms with Crippen molar-refractivity contribution in [1.29, 1.82) is 0 Å². The van der Waals surface area contributed by atoms with Gasteiger partial charge in [-0.1, -0.05) is 47.6 Å². The number of nitrogens with zero attached hydrogens (tertiary/aromatic N) is 1. The first kappa shape index (κ1) is 14.4. The molecule has 0 fully saturated rings.